The summed E-state index contributed by atoms with van der Waals surface area (Å²) in [4.78, 5) is 34.9. The van der Waals surface area contributed by atoms with Crippen LogP contribution in [-0.4, -0.2) is 17.9 Å². The lowest BCUT2D eigenvalue weighted by Crippen LogP contribution is -2.38. The lowest BCUT2D eigenvalue weighted by atomic mass is 9.90. The second-order valence-corrected chi connectivity index (χ2v) is 9.39. The molecule has 5 nitrogen and oxygen atoms in total. The van der Waals surface area contributed by atoms with Crippen molar-refractivity contribution in [3.05, 3.63) is 93.5 Å². The monoisotopic (exact) mass is 490 g/mol. The normalized spacial score (nSPS) is 22.6. The van der Waals surface area contributed by atoms with Crippen LogP contribution in [0.25, 0.3) is 0 Å². The molecule has 2 saturated heterocycles. The van der Waals surface area contributed by atoms with E-state index in [1.807, 2.05) is 87.5 Å². The topological polar surface area (TPSA) is 49.9 Å². The Labute approximate surface area is 195 Å². The third kappa shape index (κ3) is 3.26. The maximum Gasteiger partial charge on any atom is 0.266 e. The maximum atomic E-state index is 13.8. The summed E-state index contributed by atoms with van der Waals surface area (Å²) >= 11 is 3.54. The number of amides is 2. The number of hydroxylamine groups is 1. The smallest absolute Gasteiger partial charge is 0.266 e. The molecule has 0 aromatic heterocycles. The van der Waals surface area contributed by atoms with Crippen molar-refractivity contribution >= 4 is 39.1 Å². The Morgan fingerprint density at radius 1 is 0.844 bits per heavy atom. The molecule has 3 aromatic rings. The molecule has 162 valence electrons. The molecule has 3 atom stereocenters. The Morgan fingerprint density at radius 2 is 1.53 bits per heavy atom. The SMILES string of the molecule is Cc1cc(C)c(N2C(=O)[C@@H]3[C@H](ON(c4ccccc4)[C@@H]3c3cccc(Br)c3)C2=O)c(C)c1. The van der Waals surface area contributed by atoms with E-state index >= 15 is 0 Å². The molecule has 2 amide bonds. The van der Waals surface area contributed by atoms with Gasteiger partial charge in [0, 0.05) is 4.47 Å². The summed E-state index contributed by atoms with van der Waals surface area (Å²) in [5.41, 5.74) is 5.30. The molecule has 0 bridgehead atoms. The van der Waals surface area contributed by atoms with Gasteiger partial charge in [-0.3, -0.25) is 14.4 Å². The van der Waals surface area contributed by atoms with Crippen molar-refractivity contribution in [1.82, 2.24) is 0 Å². The van der Waals surface area contributed by atoms with Crippen molar-refractivity contribution < 1.29 is 14.4 Å². The zero-order valence-corrected chi connectivity index (χ0v) is 19.7. The third-order valence-electron chi connectivity index (χ3n) is 6.18. The highest BCUT2D eigenvalue weighted by molar-refractivity contribution is 9.10. The number of benzene rings is 3. The maximum absolute atomic E-state index is 13.8. The first-order valence-corrected chi connectivity index (χ1v) is 11.4. The molecule has 2 heterocycles. The minimum absolute atomic E-state index is 0.224. The summed E-state index contributed by atoms with van der Waals surface area (Å²) in [6.45, 7) is 5.89. The van der Waals surface area contributed by atoms with Gasteiger partial charge in [-0.25, -0.2) is 9.96 Å². The number of carbonyl (C=O) groups excluding carboxylic acids is 2. The van der Waals surface area contributed by atoms with E-state index in [2.05, 4.69) is 15.9 Å². The van der Waals surface area contributed by atoms with Crippen LogP contribution in [0.3, 0.4) is 0 Å². The molecule has 0 radical (unpaired) electrons. The number of nitrogens with zero attached hydrogens (tertiary/aromatic N) is 2. The summed E-state index contributed by atoms with van der Waals surface area (Å²) in [5.74, 6) is -1.18. The van der Waals surface area contributed by atoms with Gasteiger partial charge in [0.15, 0.2) is 6.10 Å². The van der Waals surface area contributed by atoms with Crippen LogP contribution in [0.2, 0.25) is 0 Å². The van der Waals surface area contributed by atoms with Crippen LogP contribution in [0.15, 0.2) is 71.2 Å². The van der Waals surface area contributed by atoms with E-state index in [0.717, 1.165) is 32.4 Å². The van der Waals surface area contributed by atoms with E-state index in [1.165, 1.54) is 4.90 Å². The van der Waals surface area contributed by atoms with Gasteiger partial charge in [0.05, 0.1) is 17.4 Å². The summed E-state index contributed by atoms with van der Waals surface area (Å²) in [7, 11) is 0. The molecule has 0 saturated carbocycles. The molecule has 0 spiro atoms. The highest BCUT2D eigenvalue weighted by atomic mass is 79.9. The molecule has 0 unspecified atom stereocenters. The molecule has 3 aromatic carbocycles. The lowest BCUT2D eigenvalue weighted by Gasteiger charge is -2.29. The first-order chi connectivity index (χ1) is 15.4. The lowest BCUT2D eigenvalue weighted by molar-refractivity contribution is -0.126. The van der Waals surface area contributed by atoms with Crippen molar-refractivity contribution in [2.45, 2.75) is 32.9 Å². The molecular weight excluding hydrogens is 468 g/mol. The van der Waals surface area contributed by atoms with E-state index < -0.39 is 18.1 Å². The van der Waals surface area contributed by atoms with Crippen molar-refractivity contribution in [3.63, 3.8) is 0 Å². The number of hydrogen-bond acceptors (Lipinski definition) is 4. The number of fused-ring (bicyclic) bond motifs is 1. The van der Waals surface area contributed by atoms with Crippen molar-refractivity contribution in [2.24, 2.45) is 5.92 Å². The Hall–Kier alpha value is -2.96. The number of anilines is 2. The number of hydrogen-bond donors (Lipinski definition) is 0. The quantitative estimate of drug-likeness (QED) is 0.459. The fraction of sp³-hybridized carbons (Fsp3) is 0.231. The van der Waals surface area contributed by atoms with Crippen molar-refractivity contribution in [3.8, 4) is 0 Å². The van der Waals surface area contributed by atoms with Gasteiger partial charge >= 0.3 is 0 Å². The second kappa shape index (κ2) is 7.87. The summed E-state index contributed by atoms with van der Waals surface area (Å²) in [6, 6.07) is 21.0. The van der Waals surface area contributed by atoms with Gasteiger partial charge in [-0.1, -0.05) is 64.0 Å². The molecule has 5 rings (SSSR count). The van der Waals surface area contributed by atoms with Crippen LogP contribution in [-0.2, 0) is 14.4 Å². The van der Waals surface area contributed by atoms with Gasteiger partial charge in [-0.15, -0.1) is 0 Å². The van der Waals surface area contributed by atoms with Crippen LogP contribution < -0.4 is 9.96 Å². The number of carbonyl (C=O) groups is 2. The summed E-state index contributed by atoms with van der Waals surface area (Å²) < 4.78 is 0.908. The molecule has 0 N–H and O–H groups in total. The first kappa shape index (κ1) is 20.9. The average Bonchev–Trinajstić information content (AvgIpc) is 3.26. The Kier molecular flexibility index (Phi) is 5.14. The van der Waals surface area contributed by atoms with Gasteiger partial charge in [0.1, 0.15) is 5.92 Å². The molecule has 0 aliphatic carbocycles. The van der Waals surface area contributed by atoms with Crippen molar-refractivity contribution in [1.29, 1.82) is 0 Å². The standard InChI is InChI=1S/C26H23BrN2O3/c1-15-12-16(2)22(17(3)13-15)28-25(30)21-23(18-8-7-9-19(27)14-18)29(32-24(21)26(28)31)20-10-5-4-6-11-20/h4-14,21,23-24H,1-3H3/t21-,23+,24-/m0/s1. The van der Waals surface area contributed by atoms with Crippen molar-refractivity contribution in [2.75, 3.05) is 9.96 Å². The van der Waals surface area contributed by atoms with Crippen LogP contribution in [0.5, 0.6) is 0 Å². The number of para-hydroxylation sites is 1. The largest absolute Gasteiger partial charge is 0.273 e. The number of imide groups is 1. The zero-order chi connectivity index (χ0) is 22.6. The number of halogens is 1. The average molecular weight is 491 g/mol. The van der Waals surface area contributed by atoms with E-state index in [0.29, 0.717) is 5.69 Å². The second-order valence-electron chi connectivity index (χ2n) is 8.47. The number of rotatable bonds is 3. The molecule has 6 heteroatoms. The summed E-state index contributed by atoms with van der Waals surface area (Å²) in [6.07, 6.45) is -0.869. The highest BCUT2D eigenvalue weighted by Crippen LogP contribution is 2.48. The molecule has 2 aliphatic rings. The third-order valence-corrected chi connectivity index (χ3v) is 6.67. The predicted octanol–water partition coefficient (Wildman–Crippen LogP) is 5.43. The molecule has 2 fully saturated rings. The van der Waals surface area contributed by atoms with Crippen LogP contribution in [0.1, 0.15) is 28.3 Å². The fourth-order valence-corrected chi connectivity index (χ4v) is 5.41. The van der Waals surface area contributed by atoms with E-state index in [1.54, 1.807) is 5.06 Å². The van der Waals surface area contributed by atoms with E-state index in [4.69, 9.17) is 4.84 Å². The Bertz CT molecular complexity index is 1200. The van der Waals surface area contributed by atoms with Gasteiger partial charge in [0.25, 0.3) is 5.91 Å². The minimum Gasteiger partial charge on any atom is -0.273 e. The van der Waals surface area contributed by atoms with Gasteiger partial charge < -0.3 is 0 Å². The van der Waals surface area contributed by atoms with Gasteiger partial charge in [0.2, 0.25) is 5.91 Å². The van der Waals surface area contributed by atoms with Gasteiger partial charge in [-0.05, 0) is 61.7 Å². The number of aryl methyl sites for hydroxylation is 3. The first-order valence-electron chi connectivity index (χ1n) is 10.6. The Morgan fingerprint density at radius 3 is 2.19 bits per heavy atom. The minimum atomic E-state index is -0.869. The van der Waals surface area contributed by atoms with Crippen LogP contribution >= 0.6 is 15.9 Å². The van der Waals surface area contributed by atoms with Crippen LogP contribution in [0.4, 0.5) is 11.4 Å². The summed E-state index contributed by atoms with van der Waals surface area (Å²) in [5, 5.41) is 1.72. The fourth-order valence-electron chi connectivity index (χ4n) is 4.99. The van der Waals surface area contributed by atoms with E-state index in [9.17, 15) is 9.59 Å². The molecular formula is C26H23BrN2O3. The predicted molar refractivity (Wildman–Crippen MR) is 127 cm³/mol. The van der Waals surface area contributed by atoms with E-state index in [-0.39, 0.29) is 11.8 Å². The Balaban J connectivity index is 1.62. The molecule has 2 aliphatic heterocycles. The highest BCUT2D eigenvalue weighted by Gasteiger charge is 2.60. The van der Waals surface area contributed by atoms with Crippen LogP contribution in [0, 0.1) is 26.7 Å². The van der Waals surface area contributed by atoms with Gasteiger partial charge in [-0.2, -0.15) is 0 Å². The molecule has 32 heavy (non-hydrogen) atoms. The zero-order valence-electron chi connectivity index (χ0n) is 18.1.